The summed E-state index contributed by atoms with van der Waals surface area (Å²) < 4.78 is 0. The standard InChI is InChI=1S/C52H39N/c1-31-11-17-36(18-12-31)48-43-7-4-5-8-44(43)49(37-19-13-32(2)14-20-37)52-46-26-25-41(42-9-6-10-45(50(42)46)51(48)52)40-27-33(3)47-29-38(23-24-39(47)28-40)35-21-15-34(30-53)16-22-35/h4-29,33,47,49,52H,1-3H3. The van der Waals surface area contributed by atoms with E-state index in [1.807, 2.05) is 12.1 Å². The first kappa shape index (κ1) is 31.5. The summed E-state index contributed by atoms with van der Waals surface area (Å²) in [6.07, 6.45) is 11.8. The van der Waals surface area contributed by atoms with E-state index in [9.17, 15) is 5.26 Å². The topological polar surface area (TPSA) is 23.8 Å². The molecule has 0 spiro atoms. The van der Waals surface area contributed by atoms with Gasteiger partial charge in [-0.2, -0.15) is 5.26 Å². The summed E-state index contributed by atoms with van der Waals surface area (Å²) in [4.78, 5) is 0. The second kappa shape index (κ2) is 12.2. The number of hydrogen-bond acceptors (Lipinski definition) is 1. The molecule has 0 amide bonds. The number of benzene rings is 6. The van der Waals surface area contributed by atoms with Crippen molar-refractivity contribution >= 4 is 33.1 Å². The summed E-state index contributed by atoms with van der Waals surface area (Å²) in [5, 5.41) is 12.0. The van der Waals surface area contributed by atoms with Gasteiger partial charge in [-0.25, -0.2) is 0 Å². The third-order valence-corrected chi connectivity index (χ3v) is 12.1. The molecule has 53 heavy (non-hydrogen) atoms. The average molecular weight is 678 g/mol. The molecule has 0 radical (unpaired) electrons. The van der Waals surface area contributed by atoms with Gasteiger partial charge >= 0.3 is 0 Å². The molecule has 4 aliphatic rings. The van der Waals surface area contributed by atoms with E-state index in [0.29, 0.717) is 17.4 Å². The molecule has 0 saturated heterocycles. The minimum Gasteiger partial charge on any atom is -0.192 e. The number of nitriles is 1. The van der Waals surface area contributed by atoms with Crippen LogP contribution in [0.2, 0.25) is 0 Å². The molecule has 0 aliphatic heterocycles. The number of allylic oxidation sites excluding steroid dienone is 9. The molecular formula is C52H39N. The number of hydrogen-bond donors (Lipinski definition) is 0. The average Bonchev–Trinajstić information content (AvgIpc) is 3.52. The zero-order chi connectivity index (χ0) is 35.8. The van der Waals surface area contributed by atoms with Crippen LogP contribution in [0.1, 0.15) is 80.0 Å². The molecule has 6 aromatic rings. The van der Waals surface area contributed by atoms with E-state index in [2.05, 4.69) is 172 Å². The van der Waals surface area contributed by atoms with Gasteiger partial charge in [0.2, 0.25) is 0 Å². The molecule has 0 aromatic heterocycles. The van der Waals surface area contributed by atoms with E-state index in [-0.39, 0.29) is 11.8 Å². The molecule has 6 aromatic carbocycles. The number of nitrogens with zero attached hydrogens (tertiary/aromatic N) is 1. The van der Waals surface area contributed by atoms with E-state index in [4.69, 9.17) is 0 Å². The monoisotopic (exact) mass is 677 g/mol. The van der Waals surface area contributed by atoms with Crippen LogP contribution in [0.3, 0.4) is 0 Å². The lowest BCUT2D eigenvalue weighted by Crippen LogP contribution is -2.19. The van der Waals surface area contributed by atoms with Crippen molar-refractivity contribution in [3.8, 4) is 6.07 Å². The Balaban J connectivity index is 1.14. The van der Waals surface area contributed by atoms with Gasteiger partial charge in [-0.1, -0.05) is 164 Å². The molecule has 4 unspecified atom stereocenters. The maximum Gasteiger partial charge on any atom is 0.0991 e. The normalized spacial score (nSPS) is 20.9. The van der Waals surface area contributed by atoms with Crippen molar-refractivity contribution in [1.82, 2.24) is 0 Å². The molecule has 4 aliphatic carbocycles. The van der Waals surface area contributed by atoms with Crippen molar-refractivity contribution in [1.29, 1.82) is 5.26 Å². The van der Waals surface area contributed by atoms with Gasteiger partial charge in [0.05, 0.1) is 11.6 Å². The molecule has 0 saturated carbocycles. The molecule has 0 fully saturated rings. The Morgan fingerprint density at radius 2 is 1.28 bits per heavy atom. The first-order valence-electron chi connectivity index (χ1n) is 18.8. The second-order valence-electron chi connectivity index (χ2n) is 15.3. The number of rotatable bonds is 4. The summed E-state index contributed by atoms with van der Waals surface area (Å²) in [6, 6.07) is 49.6. The van der Waals surface area contributed by atoms with Crippen LogP contribution in [-0.2, 0) is 0 Å². The van der Waals surface area contributed by atoms with Crippen molar-refractivity contribution in [2.45, 2.75) is 32.6 Å². The van der Waals surface area contributed by atoms with Crippen LogP contribution in [0.4, 0.5) is 0 Å². The van der Waals surface area contributed by atoms with Gasteiger partial charge in [-0.3, -0.25) is 0 Å². The van der Waals surface area contributed by atoms with Crippen LogP contribution in [0.25, 0.3) is 33.1 Å². The van der Waals surface area contributed by atoms with Crippen molar-refractivity contribution in [2.75, 3.05) is 0 Å². The fourth-order valence-corrected chi connectivity index (χ4v) is 9.58. The third-order valence-electron chi connectivity index (χ3n) is 12.1. The van der Waals surface area contributed by atoms with Gasteiger partial charge < -0.3 is 0 Å². The number of aryl methyl sites for hydroxylation is 2. The Kier molecular flexibility index (Phi) is 7.24. The fraction of sp³-hybridized carbons (Fsp3) is 0.135. The number of fused-ring (bicyclic) bond motifs is 5. The molecule has 252 valence electrons. The lowest BCUT2D eigenvalue weighted by atomic mass is 9.66. The molecule has 10 rings (SSSR count). The lowest BCUT2D eigenvalue weighted by Gasteiger charge is -2.36. The summed E-state index contributed by atoms with van der Waals surface area (Å²) >= 11 is 0. The first-order valence-corrected chi connectivity index (χ1v) is 18.8. The van der Waals surface area contributed by atoms with Crippen LogP contribution < -0.4 is 0 Å². The first-order chi connectivity index (χ1) is 26.0. The molecule has 4 atom stereocenters. The van der Waals surface area contributed by atoms with E-state index in [1.165, 1.54) is 88.7 Å². The predicted octanol–water partition coefficient (Wildman–Crippen LogP) is 12.8. The zero-order valence-electron chi connectivity index (χ0n) is 30.3. The van der Waals surface area contributed by atoms with Gasteiger partial charge in [0.15, 0.2) is 0 Å². The van der Waals surface area contributed by atoms with E-state index in [1.54, 1.807) is 0 Å². The SMILES string of the molecule is Cc1ccc(C2=C3c4cccc5c(C6=CC(C)C7C=C(c8ccc(C#N)cc8)C=CC7=C6)ccc(c45)C3C(c3ccc(C)cc3)c3ccccc32)cc1. The van der Waals surface area contributed by atoms with Gasteiger partial charge in [0, 0.05) is 17.8 Å². The van der Waals surface area contributed by atoms with Crippen molar-refractivity contribution in [2.24, 2.45) is 11.8 Å². The summed E-state index contributed by atoms with van der Waals surface area (Å²) in [5.41, 5.74) is 20.6. The molecule has 0 bridgehead atoms. The van der Waals surface area contributed by atoms with Crippen molar-refractivity contribution in [3.63, 3.8) is 0 Å². The third kappa shape index (κ3) is 4.97. The van der Waals surface area contributed by atoms with Crippen molar-refractivity contribution in [3.05, 3.63) is 225 Å². The maximum absolute atomic E-state index is 9.28. The smallest absolute Gasteiger partial charge is 0.0991 e. The van der Waals surface area contributed by atoms with Gasteiger partial charge in [0.25, 0.3) is 0 Å². The van der Waals surface area contributed by atoms with Crippen molar-refractivity contribution < 1.29 is 0 Å². The summed E-state index contributed by atoms with van der Waals surface area (Å²) in [6.45, 7) is 6.70. The molecule has 0 heterocycles. The zero-order valence-corrected chi connectivity index (χ0v) is 30.3. The molecule has 1 heteroatoms. The summed E-state index contributed by atoms with van der Waals surface area (Å²) in [7, 11) is 0. The highest BCUT2D eigenvalue weighted by atomic mass is 14.5. The minimum atomic E-state index is 0.201. The highest BCUT2D eigenvalue weighted by Crippen LogP contribution is 2.61. The highest BCUT2D eigenvalue weighted by molar-refractivity contribution is 6.16. The Hall–Kier alpha value is -6.23. The lowest BCUT2D eigenvalue weighted by molar-refractivity contribution is 0.587. The quantitative estimate of drug-likeness (QED) is 0.182. The van der Waals surface area contributed by atoms with Crippen LogP contribution >= 0.6 is 0 Å². The van der Waals surface area contributed by atoms with Gasteiger partial charge in [-0.15, -0.1) is 0 Å². The highest BCUT2D eigenvalue weighted by Gasteiger charge is 2.43. The Bertz CT molecular complexity index is 2680. The largest absolute Gasteiger partial charge is 0.192 e. The van der Waals surface area contributed by atoms with Gasteiger partial charge in [0.1, 0.15) is 0 Å². The maximum atomic E-state index is 9.28. The minimum absolute atomic E-state index is 0.201. The second-order valence-corrected chi connectivity index (χ2v) is 15.3. The predicted molar refractivity (Wildman–Crippen MR) is 220 cm³/mol. The Morgan fingerprint density at radius 3 is 2.06 bits per heavy atom. The molecule has 0 N–H and O–H groups in total. The van der Waals surface area contributed by atoms with Gasteiger partial charge in [-0.05, 0) is 115 Å². The summed E-state index contributed by atoms with van der Waals surface area (Å²) in [5.74, 6) is 1.06. The van der Waals surface area contributed by atoms with Crippen LogP contribution in [0.5, 0.6) is 0 Å². The van der Waals surface area contributed by atoms with E-state index in [0.717, 1.165) is 5.56 Å². The Labute approximate surface area is 312 Å². The molecule has 1 nitrogen and oxygen atoms in total. The van der Waals surface area contributed by atoms with Crippen LogP contribution in [0, 0.1) is 37.0 Å². The Morgan fingerprint density at radius 1 is 0.566 bits per heavy atom. The van der Waals surface area contributed by atoms with E-state index < -0.39 is 0 Å². The van der Waals surface area contributed by atoms with Crippen LogP contribution in [0.15, 0.2) is 163 Å². The molecular weight excluding hydrogens is 639 g/mol. The van der Waals surface area contributed by atoms with E-state index >= 15 is 0 Å². The van der Waals surface area contributed by atoms with Crippen LogP contribution in [-0.4, -0.2) is 0 Å². The fourth-order valence-electron chi connectivity index (χ4n) is 9.58.